The van der Waals surface area contributed by atoms with Crippen molar-refractivity contribution in [2.45, 2.75) is 25.8 Å². The van der Waals surface area contributed by atoms with Gasteiger partial charge in [-0.1, -0.05) is 60.2 Å². The number of rotatable bonds is 9. The van der Waals surface area contributed by atoms with Gasteiger partial charge in [-0.2, -0.15) is 0 Å². The lowest BCUT2D eigenvalue weighted by molar-refractivity contribution is -0.139. The van der Waals surface area contributed by atoms with Gasteiger partial charge in [0.2, 0.25) is 11.8 Å². The lowest BCUT2D eigenvalue weighted by Gasteiger charge is -2.37. The van der Waals surface area contributed by atoms with Gasteiger partial charge in [0.05, 0.1) is 6.04 Å². The molecule has 1 aliphatic heterocycles. The number of aryl methyl sites for hydroxylation is 1. The third kappa shape index (κ3) is 6.27. The molecule has 35 heavy (non-hydrogen) atoms. The molecule has 0 radical (unpaired) electrons. The summed E-state index contributed by atoms with van der Waals surface area (Å²) in [5.41, 5.74) is 4.43. The summed E-state index contributed by atoms with van der Waals surface area (Å²) in [4.78, 5) is 31.7. The van der Waals surface area contributed by atoms with Crippen molar-refractivity contribution in [2.24, 2.45) is 0 Å². The summed E-state index contributed by atoms with van der Waals surface area (Å²) >= 11 is 1.75. The van der Waals surface area contributed by atoms with E-state index in [1.165, 1.54) is 16.0 Å². The van der Waals surface area contributed by atoms with Crippen LogP contribution < -0.4 is 0 Å². The molecular formula is C29H32N2O3S. The maximum Gasteiger partial charge on any atom is 0.247 e. The van der Waals surface area contributed by atoms with Crippen LogP contribution in [0.4, 0.5) is 0 Å². The fraction of sp³-hybridized carbons (Fsp3) is 0.310. The Labute approximate surface area is 211 Å². The first-order valence-corrected chi connectivity index (χ1v) is 12.9. The van der Waals surface area contributed by atoms with E-state index < -0.39 is 0 Å². The largest absolute Gasteiger partial charge is 0.385 e. The zero-order valence-corrected chi connectivity index (χ0v) is 21.2. The number of carbonyl (C=O) groups excluding carboxylic acids is 2. The minimum Gasteiger partial charge on any atom is -0.385 e. The van der Waals surface area contributed by atoms with E-state index in [9.17, 15) is 9.59 Å². The molecule has 4 rings (SSSR count). The van der Waals surface area contributed by atoms with Crippen LogP contribution in [-0.4, -0.2) is 55.0 Å². The SMILES string of the molecule is COCCCN(CC(=O)N1CCc2sccc2C1c1ccc(C)cc1)C(=O)/C=C/c1ccccc1. The summed E-state index contributed by atoms with van der Waals surface area (Å²) in [6.45, 7) is 3.75. The number of nitrogens with zero attached hydrogens (tertiary/aromatic N) is 2. The number of thiophene rings is 1. The van der Waals surface area contributed by atoms with Gasteiger partial charge in [0, 0.05) is 37.8 Å². The van der Waals surface area contributed by atoms with Gasteiger partial charge in [-0.25, -0.2) is 0 Å². The van der Waals surface area contributed by atoms with Gasteiger partial charge in [-0.05, 0) is 54.0 Å². The van der Waals surface area contributed by atoms with E-state index in [1.54, 1.807) is 35.5 Å². The Hall–Kier alpha value is -3.22. The van der Waals surface area contributed by atoms with Crippen molar-refractivity contribution in [1.29, 1.82) is 0 Å². The number of methoxy groups -OCH3 is 1. The van der Waals surface area contributed by atoms with Gasteiger partial charge >= 0.3 is 0 Å². The van der Waals surface area contributed by atoms with Gasteiger partial charge in [0.25, 0.3) is 0 Å². The van der Waals surface area contributed by atoms with Crippen LogP contribution in [-0.2, 0) is 20.7 Å². The molecule has 2 amide bonds. The topological polar surface area (TPSA) is 49.9 Å². The van der Waals surface area contributed by atoms with E-state index in [0.717, 1.165) is 17.5 Å². The van der Waals surface area contributed by atoms with E-state index in [1.807, 2.05) is 35.2 Å². The third-order valence-corrected chi connectivity index (χ3v) is 7.31. The lowest BCUT2D eigenvalue weighted by Crippen LogP contribution is -2.46. The highest BCUT2D eigenvalue weighted by atomic mass is 32.1. The van der Waals surface area contributed by atoms with Crippen LogP contribution in [0.25, 0.3) is 6.08 Å². The van der Waals surface area contributed by atoms with E-state index in [2.05, 4.69) is 42.6 Å². The fourth-order valence-corrected chi connectivity index (χ4v) is 5.36. The van der Waals surface area contributed by atoms with Crippen molar-refractivity contribution in [1.82, 2.24) is 9.80 Å². The van der Waals surface area contributed by atoms with Gasteiger partial charge in [-0.3, -0.25) is 9.59 Å². The molecule has 0 aliphatic carbocycles. The molecule has 0 N–H and O–H groups in total. The minimum atomic E-state index is -0.168. The Morgan fingerprint density at radius 1 is 1.11 bits per heavy atom. The molecule has 1 aliphatic rings. The number of benzene rings is 2. The minimum absolute atomic E-state index is 0.0358. The Morgan fingerprint density at radius 2 is 1.89 bits per heavy atom. The van der Waals surface area contributed by atoms with Crippen LogP contribution >= 0.6 is 11.3 Å². The summed E-state index contributed by atoms with van der Waals surface area (Å²) in [6, 6.07) is 20.1. The standard InChI is InChI=1S/C29H32N2O3S/c1-22-9-12-24(13-10-22)29-25-16-20-35-26(25)15-18-31(29)28(33)21-30(17-6-19-34-2)27(32)14-11-23-7-4-3-5-8-23/h3-5,7-14,16,20,29H,6,15,17-19,21H2,1-2H3/b14-11+. The first-order valence-electron chi connectivity index (χ1n) is 12.0. The molecule has 1 atom stereocenters. The second kappa shape index (κ2) is 12.0. The van der Waals surface area contributed by atoms with Crippen molar-refractivity contribution in [3.05, 3.63) is 99.3 Å². The van der Waals surface area contributed by atoms with Gasteiger partial charge in [-0.15, -0.1) is 11.3 Å². The zero-order valence-electron chi connectivity index (χ0n) is 20.4. The highest BCUT2D eigenvalue weighted by Gasteiger charge is 2.33. The molecule has 2 aromatic carbocycles. The van der Waals surface area contributed by atoms with Crippen LogP contribution in [0.5, 0.6) is 0 Å². The van der Waals surface area contributed by atoms with Crippen molar-refractivity contribution in [2.75, 3.05) is 33.4 Å². The molecule has 0 spiro atoms. The Morgan fingerprint density at radius 3 is 2.63 bits per heavy atom. The third-order valence-electron chi connectivity index (χ3n) is 6.31. The highest BCUT2D eigenvalue weighted by Crippen LogP contribution is 2.38. The first kappa shape index (κ1) is 24.9. The first-order chi connectivity index (χ1) is 17.1. The normalized spacial score (nSPS) is 15.3. The van der Waals surface area contributed by atoms with E-state index in [4.69, 9.17) is 4.74 Å². The Bertz CT molecular complexity index is 1150. The van der Waals surface area contributed by atoms with Crippen molar-refractivity contribution in [3.63, 3.8) is 0 Å². The molecular weight excluding hydrogens is 456 g/mol. The summed E-state index contributed by atoms with van der Waals surface area (Å²) in [5.74, 6) is -0.204. The van der Waals surface area contributed by atoms with Gasteiger partial charge < -0.3 is 14.5 Å². The second-order valence-corrected chi connectivity index (χ2v) is 9.80. The quantitative estimate of drug-likeness (QED) is 0.311. The summed E-state index contributed by atoms with van der Waals surface area (Å²) in [7, 11) is 1.64. The number of hydrogen-bond acceptors (Lipinski definition) is 4. The molecule has 0 saturated heterocycles. The molecule has 6 heteroatoms. The number of carbonyl (C=O) groups is 2. The molecule has 5 nitrogen and oxygen atoms in total. The van der Waals surface area contributed by atoms with Crippen LogP contribution in [0.1, 0.15) is 39.6 Å². The number of hydrogen-bond donors (Lipinski definition) is 0. The number of ether oxygens (including phenoxy) is 1. The molecule has 0 saturated carbocycles. The van der Waals surface area contributed by atoms with Crippen LogP contribution in [0, 0.1) is 6.92 Å². The fourth-order valence-electron chi connectivity index (χ4n) is 4.45. The van der Waals surface area contributed by atoms with Crippen molar-refractivity contribution < 1.29 is 14.3 Å². The van der Waals surface area contributed by atoms with Crippen molar-refractivity contribution >= 4 is 29.2 Å². The lowest BCUT2D eigenvalue weighted by atomic mass is 9.92. The van der Waals surface area contributed by atoms with Crippen molar-refractivity contribution in [3.8, 4) is 0 Å². The molecule has 1 aromatic heterocycles. The molecule has 1 unspecified atom stereocenters. The maximum absolute atomic E-state index is 13.7. The summed E-state index contributed by atoms with van der Waals surface area (Å²) < 4.78 is 5.19. The Kier molecular flexibility index (Phi) is 8.50. The molecule has 3 aromatic rings. The molecule has 0 fully saturated rings. The van der Waals surface area contributed by atoms with Crippen LogP contribution in [0.2, 0.25) is 0 Å². The predicted molar refractivity (Wildman–Crippen MR) is 141 cm³/mol. The van der Waals surface area contributed by atoms with Crippen LogP contribution in [0.15, 0.2) is 72.1 Å². The van der Waals surface area contributed by atoms with Crippen LogP contribution in [0.3, 0.4) is 0 Å². The molecule has 182 valence electrons. The second-order valence-electron chi connectivity index (χ2n) is 8.80. The summed E-state index contributed by atoms with van der Waals surface area (Å²) in [6.07, 6.45) is 4.86. The average Bonchev–Trinajstić information content (AvgIpc) is 3.36. The average molecular weight is 489 g/mol. The highest BCUT2D eigenvalue weighted by molar-refractivity contribution is 7.10. The summed E-state index contributed by atoms with van der Waals surface area (Å²) in [5, 5.41) is 2.11. The zero-order chi connectivity index (χ0) is 24.6. The van der Waals surface area contributed by atoms with Gasteiger partial charge in [0.15, 0.2) is 0 Å². The smallest absolute Gasteiger partial charge is 0.247 e. The number of fused-ring (bicyclic) bond motifs is 1. The number of amides is 2. The van der Waals surface area contributed by atoms with E-state index in [0.29, 0.717) is 26.1 Å². The monoisotopic (exact) mass is 488 g/mol. The van der Waals surface area contributed by atoms with E-state index >= 15 is 0 Å². The maximum atomic E-state index is 13.7. The van der Waals surface area contributed by atoms with E-state index in [-0.39, 0.29) is 24.4 Å². The Balaban J connectivity index is 1.55. The van der Waals surface area contributed by atoms with Gasteiger partial charge in [0.1, 0.15) is 6.54 Å². The predicted octanol–water partition coefficient (Wildman–Crippen LogP) is 5.11. The molecule has 2 heterocycles. The molecule has 0 bridgehead atoms.